The minimum Gasteiger partial charge on any atom is -0.461 e. The SMILES string of the molecule is CC(C)(C)OC(=O)N[C@@H](CC(=O)NC(c1ccccc1)(c1ccccc1)c1ccccc1)C(=O)N[C@@H](Cc1ccccc1)C(=O)CCC(=O)OCc1ccccc1. The summed E-state index contributed by atoms with van der Waals surface area (Å²) in [4.78, 5) is 68.3. The van der Waals surface area contributed by atoms with Crippen molar-refractivity contribution in [2.24, 2.45) is 0 Å². The second-order valence-corrected chi connectivity index (χ2v) is 14.7. The zero-order chi connectivity index (χ0) is 40.7. The van der Waals surface area contributed by atoms with Crippen molar-refractivity contribution in [1.82, 2.24) is 16.0 Å². The van der Waals surface area contributed by atoms with Crippen molar-refractivity contribution in [1.29, 1.82) is 0 Å². The van der Waals surface area contributed by atoms with Crippen LogP contribution in [0.1, 0.15) is 67.9 Å². The van der Waals surface area contributed by atoms with Crippen molar-refractivity contribution < 1.29 is 33.4 Å². The number of esters is 1. The Morgan fingerprint density at radius 2 is 1.02 bits per heavy atom. The zero-order valence-electron chi connectivity index (χ0n) is 32.5. The molecule has 3 amide bonds. The number of rotatable bonds is 17. The summed E-state index contributed by atoms with van der Waals surface area (Å²) in [5.74, 6) is -2.31. The van der Waals surface area contributed by atoms with Crippen LogP contribution in [0.4, 0.5) is 4.79 Å². The molecule has 0 spiro atoms. The third-order valence-corrected chi connectivity index (χ3v) is 9.15. The van der Waals surface area contributed by atoms with Crippen molar-refractivity contribution in [3.05, 3.63) is 179 Å². The molecule has 5 aromatic rings. The summed E-state index contributed by atoms with van der Waals surface area (Å²) in [6.07, 6.45) is -1.71. The maximum absolute atomic E-state index is 14.4. The van der Waals surface area contributed by atoms with E-state index in [2.05, 4.69) is 16.0 Å². The molecule has 0 aliphatic heterocycles. The fraction of sp³-hybridized carbons (Fsp3) is 0.255. The summed E-state index contributed by atoms with van der Waals surface area (Å²) < 4.78 is 10.9. The average molecular weight is 768 g/mol. The molecule has 0 aliphatic rings. The van der Waals surface area contributed by atoms with Crippen molar-refractivity contribution >= 4 is 29.7 Å². The molecular weight excluding hydrogens is 719 g/mol. The van der Waals surface area contributed by atoms with E-state index in [0.29, 0.717) is 0 Å². The van der Waals surface area contributed by atoms with Gasteiger partial charge in [-0.3, -0.25) is 19.2 Å². The lowest BCUT2D eigenvalue weighted by Gasteiger charge is -2.37. The van der Waals surface area contributed by atoms with Crippen LogP contribution in [0.15, 0.2) is 152 Å². The van der Waals surface area contributed by atoms with E-state index in [1.54, 1.807) is 20.8 Å². The Morgan fingerprint density at radius 3 is 1.49 bits per heavy atom. The van der Waals surface area contributed by atoms with Crippen LogP contribution in [0, 0.1) is 0 Å². The summed E-state index contributed by atoms with van der Waals surface area (Å²) in [5, 5.41) is 8.60. The maximum Gasteiger partial charge on any atom is 0.408 e. The molecule has 10 nitrogen and oxygen atoms in total. The predicted octanol–water partition coefficient (Wildman–Crippen LogP) is 7.20. The highest BCUT2D eigenvalue weighted by molar-refractivity contribution is 5.95. The summed E-state index contributed by atoms with van der Waals surface area (Å²) in [6.45, 7) is 5.11. The van der Waals surface area contributed by atoms with Gasteiger partial charge in [0.25, 0.3) is 0 Å². The Labute approximate surface area is 334 Å². The number of hydrogen-bond acceptors (Lipinski definition) is 7. The van der Waals surface area contributed by atoms with Crippen LogP contribution < -0.4 is 16.0 Å². The van der Waals surface area contributed by atoms with E-state index in [4.69, 9.17) is 9.47 Å². The van der Waals surface area contributed by atoms with Gasteiger partial charge in [-0.2, -0.15) is 0 Å². The van der Waals surface area contributed by atoms with E-state index >= 15 is 0 Å². The smallest absolute Gasteiger partial charge is 0.408 e. The molecule has 0 aliphatic carbocycles. The van der Waals surface area contributed by atoms with Crippen molar-refractivity contribution in [3.8, 4) is 0 Å². The minimum atomic E-state index is -1.46. The normalized spacial score (nSPS) is 12.3. The Bertz CT molecular complexity index is 1970. The molecule has 57 heavy (non-hydrogen) atoms. The van der Waals surface area contributed by atoms with Gasteiger partial charge >= 0.3 is 12.1 Å². The van der Waals surface area contributed by atoms with E-state index in [-0.39, 0.29) is 25.9 Å². The van der Waals surface area contributed by atoms with Gasteiger partial charge in [0.2, 0.25) is 11.8 Å². The standard InChI is InChI=1S/C47H49N3O7/c1-46(2,3)57-45(55)49-40(32-42(52)50-47(36-23-13-6-14-24-36,37-25-15-7-16-26-37)38-27-17-8-18-28-38)44(54)48-39(31-34-19-9-4-10-20-34)41(51)29-30-43(53)56-33-35-21-11-5-12-22-35/h4-28,39-40H,29-33H2,1-3H3,(H,48,54)(H,49,55)(H,50,52)/t39-,40-/m0/s1. The Balaban J connectivity index is 1.41. The number of alkyl carbamates (subject to hydrolysis) is 1. The minimum absolute atomic E-state index is 0.0677. The van der Waals surface area contributed by atoms with Crippen LogP contribution >= 0.6 is 0 Å². The Morgan fingerprint density at radius 1 is 0.561 bits per heavy atom. The highest BCUT2D eigenvalue weighted by Crippen LogP contribution is 2.37. The van der Waals surface area contributed by atoms with Gasteiger partial charge in [-0.15, -0.1) is 0 Å². The van der Waals surface area contributed by atoms with Gasteiger partial charge in [0, 0.05) is 6.42 Å². The summed E-state index contributed by atoms with van der Waals surface area (Å²) in [7, 11) is 0. The Hall–Kier alpha value is -6.55. The second kappa shape index (κ2) is 19.9. The van der Waals surface area contributed by atoms with Crippen LogP contribution in [-0.4, -0.2) is 47.3 Å². The summed E-state index contributed by atoms with van der Waals surface area (Å²) in [5.41, 5.74) is 1.79. The molecule has 294 valence electrons. The molecule has 0 bridgehead atoms. The van der Waals surface area contributed by atoms with E-state index in [9.17, 15) is 24.0 Å². The average Bonchev–Trinajstić information content (AvgIpc) is 3.21. The topological polar surface area (TPSA) is 140 Å². The maximum atomic E-state index is 14.4. The monoisotopic (exact) mass is 767 g/mol. The predicted molar refractivity (Wildman–Crippen MR) is 218 cm³/mol. The number of benzene rings is 5. The molecule has 0 fully saturated rings. The van der Waals surface area contributed by atoms with Gasteiger partial charge in [-0.25, -0.2) is 4.79 Å². The van der Waals surface area contributed by atoms with Gasteiger partial charge in [-0.1, -0.05) is 152 Å². The Kier molecular flexibility index (Phi) is 14.5. The van der Waals surface area contributed by atoms with Crippen LogP contribution in [0.2, 0.25) is 0 Å². The van der Waals surface area contributed by atoms with Gasteiger partial charge in [0.05, 0.1) is 18.9 Å². The number of Topliss-reactive ketones (excluding diaryl/α,β-unsaturated/α-hetero) is 1. The van der Waals surface area contributed by atoms with E-state index in [1.165, 1.54) is 0 Å². The van der Waals surface area contributed by atoms with Gasteiger partial charge < -0.3 is 25.4 Å². The quantitative estimate of drug-likeness (QED) is 0.0672. The number of amides is 3. The first-order valence-corrected chi connectivity index (χ1v) is 19.0. The lowest BCUT2D eigenvalue weighted by atomic mass is 9.77. The number of ether oxygens (including phenoxy) is 2. The zero-order valence-corrected chi connectivity index (χ0v) is 32.5. The van der Waals surface area contributed by atoms with Crippen molar-refractivity contribution in [2.75, 3.05) is 0 Å². The molecule has 0 radical (unpaired) electrons. The molecule has 10 heteroatoms. The molecular formula is C47H49N3O7. The molecule has 0 heterocycles. The van der Waals surface area contributed by atoms with E-state index in [0.717, 1.165) is 27.8 Å². The van der Waals surface area contributed by atoms with Crippen molar-refractivity contribution in [3.63, 3.8) is 0 Å². The highest BCUT2D eigenvalue weighted by atomic mass is 16.6. The van der Waals surface area contributed by atoms with Crippen LogP contribution in [-0.2, 0) is 47.2 Å². The molecule has 5 rings (SSSR count). The summed E-state index contributed by atoms with van der Waals surface area (Å²) in [6, 6.07) is 44.2. The third kappa shape index (κ3) is 12.2. The molecule has 3 N–H and O–H groups in total. The highest BCUT2D eigenvalue weighted by Gasteiger charge is 2.39. The number of carbonyl (C=O) groups excluding carboxylic acids is 5. The van der Waals surface area contributed by atoms with Gasteiger partial charge in [-0.05, 0) is 55.0 Å². The molecule has 0 aromatic heterocycles. The van der Waals surface area contributed by atoms with Crippen LogP contribution in [0.5, 0.6) is 0 Å². The molecule has 5 aromatic carbocycles. The van der Waals surface area contributed by atoms with E-state index in [1.807, 2.05) is 152 Å². The largest absolute Gasteiger partial charge is 0.461 e. The number of nitrogens with one attached hydrogen (secondary N) is 3. The number of hydrogen-bond donors (Lipinski definition) is 3. The fourth-order valence-electron chi connectivity index (χ4n) is 6.46. The first-order chi connectivity index (χ1) is 27.4. The lowest BCUT2D eigenvalue weighted by Crippen LogP contribution is -2.55. The van der Waals surface area contributed by atoms with Crippen LogP contribution in [0.3, 0.4) is 0 Å². The molecule has 2 atom stereocenters. The molecule has 0 saturated carbocycles. The van der Waals surface area contributed by atoms with Gasteiger partial charge in [0.15, 0.2) is 5.78 Å². The molecule has 0 unspecified atom stereocenters. The second-order valence-electron chi connectivity index (χ2n) is 14.7. The molecule has 0 saturated heterocycles. The first kappa shape index (κ1) is 41.6. The van der Waals surface area contributed by atoms with E-state index < -0.39 is 59.3 Å². The number of carbonyl (C=O) groups is 5. The third-order valence-electron chi connectivity index (χ3n) is 9.15. The lowest BCUT2D eigenvalue weighted by molar-refractivity contribution is -0.146. The van der Waals surface area contributed by atoms with Crippen LogP contribution in [0.25, 0.3) is 0 Å². The first-order valence-electron chi connectivity index (χ1n) is 19.0. The van der Waals surface area contributed by atoms with Crippen molar-refractivity contribution in [2.45, 2.75) is 76.3 Å². The summed E-state index contributed by atoms with van der Waals surface area (Å²) >= 11 is 0. The fourth-order valence-corrected chi connectivity index (χ4v) is 6.46. The number of ketones is 1. The van der Waals surface area contributed by atoms with Gasteiger partial charge in [0.1, 0.15) is 23.8 Å².